The van der Waals surface area contributed by atoms with Gasteiger partial charge in [-0.25, -0.2) is 4.98 Å². The van der Waals surface area contributed by atoms with Crippen LogP contribution in [-0.4, -0.2) is 22.7 Å². The lowest BCUT2D eigenvalue weighted by Crippen LogP contribution is -2.08. The van der Waals surface area contributed by atoms with Gasteiger partial charge in [-0.15, -0.1) is 0 Å². The highest BCUT2D eigenvalue weighted by atomic mass is 16.5. The van der Waals surface area contributed by atoms with Gasteiger partial charge in [-0.2, -0.15) is 0 Å². The Bertz CT molecular complexity index is 573. The Kier molecular flexibility index (Phi) is 4.53. The van der Waals surface area contributed by atoms with E-state index >= 15 is 0 Å². The largest absolute Gasteiger partial charge is 0.489 e. The van der Waals surface area contributed by atoms with E-state index in [4.69, 9.17) is 9.47 Å². The van der Waals surface area contributed by atoms with Gasteiger partial charge < -0.3 is 14.5 Å². The molecule has 4 heteroatoms. The molecule has 0 aliphatic carbocycles. The molecule has 0 radical (unpaired) electrons. The van der Waals surface area contributed by atoms with E-state index in [1.54, 1.807) is 6.20 Å². The van der Waals surface area contributed by atoms with Crippen molar-refractivity contribution in [1.29, 1.82) is 0 Å². The Morgan fingerprint density at radius 3 is 2.60 bits per heavy atom. The van der Waals surface area contributed by atoms with Crippen molar-refractivity contribution < 1.29 is 9.47 Å². The fraction of sp³-hybridized carbons (Fsp3) is 0.562. The minimum Gasteiger partial charge on any atom is -0.489 e. The van der Waals surface area contributed by atoms with Crippen LogP contribution in [0.3, 0.4) is 0 Å². The van der Waals surface area contributed by atoms with Gasteiger partial charge in [0.05, 0.1) is 24.3 Å². The number of aromatic amines is 1. The topological polar surface area (TPSA) is 47.1 Å². The molecule has 0 atom stereocenters. The molecule has 0 saturated carbocycles. The van der Waals surface area contributed by atoms with E-state index in [1.807, 2.05) is 20.0 Å². The third-order valence-corrected chi connectivity index (χ3v) is 3.09. The number of hydrogen-bond acceptors (Lipinski definition) is 3. The van der Waals surface area contributed by atoms with Crippen LogP contribution in [0.2, 0.25) is 0 Å². The first kappa shape index (κ1) is 14.7. The third-order valence-electron chi connectivity index (χ3n) is 3.09. The highest BCUT2D eigenvalue weighted by Gasteiger charge is 2.18. The second kappa shape index (κ2) is 6.16. The highest BCUT2D eigenvalue weighted by Crippen LogP contribution is 2.39. The number of ether oxygens (including phenoxy) is 2. The van der Waals surface area contributed by atoms with Crippen molar-refractivity contribution in [3.63, 3.8) is 0 Å². The maximum Gasteiger partial charge on any atom is 0.180 e. The smallest absolute Gasteiger partial charge is 0.180 e. The van der Waals surface area contributed by atoms with Crippen molar-refractivity contribution in [3.8, 4) is 11.5 Å². The molecule has 0 aliphatic heterocycles. The van der Waals surface area contributed by atoms with Crippen LogP contribution in [0, 0.1) is 0 Å². The number of nitrogens with zero attached hydrogens (tertiary/aromatic N) is 1. The number of rotatable bonds is 6. The molecule has 0 aliphatic rings. The SMILES string of the molecule is CCCOc1c(OC(C)C)cnc2[nH]cc(C(C)C)c12. The minimum atomic E-state index is 0.0969. The molecule has 2 heterocycles. The van der Waals surface area contributed by atoms with Crippen molar-refractivity contribution >= 4 is 11.0 Å². The molecule has 20 heavy (non-hydrogen) atoms. The second-order valence-corrected chi connectivity index (χ2v) is 5.59. The van der Waals surface area contributed by atoms with Gasteiger partial charge in [-0.05, 0) is 31.7 Å². The third kappa shape index (κ3) is 2.89. The lowest BCUT2D eigenvalue weighted by Gasteiger charge is -2.16. The molecular weight excluding hydrogens is 252 g/mol. The monoisotopic (exact) mass is 276 g/mol. The number of H-pyrrole nitrogens is 1. The molecule has 0 fully saturated rings. The van der Waals surface area contributed by atoms with Crippen molar-refractivity contribution in [2.75, 3.05) is 6.61 Å². The van der Waals surface area contributed by atoms with E-state index in [2.05, 4.69) is 30.7 Å². The molecule has 0 unspecified atom stereocenters. The van der Waals surface area contributed by atoms with Crippen molar-refractivity contribution in [3.05, 3.63) is 18.0 Å². The molecule has 4 nitrogen and oxygen atoms in total. The molecule has 2 rings (SSSR count). The van der Waals surface area contributed by atoms with E-state index in [0.717, 1.165) is 29.0 Å². The first-order chi connectivity index (χ1) is 9.54. The van der Waals surface area contributed by atoms with Gasteiger partial charge in [0.15, 0.2) is 11.5 Å². The summed E-state index contributed by atoms with van der Waals surface area (Å²) in [4.78, 5) is 7.67. The van der Waals surface area contributed by atoms with E-state index < -0.39 is 0 Å². The van der Waals surface area contributed by atoms with Crippen LogP contribution >= 0.6 is 0 Å². The zero-order valence-electron chi connectivity index (χ0n) is 13.0. The highest BCUT2D eigenvalue weighted by molar-refractivity contribution is 5.89. The normalized spacial score (nSPS) is 11.6. The van der Waals surface area contributed by atoms with Crippen LogP contribution in [0.1, 0.15) is 52.5 Å². The van der Waals surface area contributed by atoms with Crippen molar-refractivity contribution in [2.45, 2.75) is 53.1 Å². The minimum absolute atomic E-state index is 0.0969. The molecule has 2 aromatic heterocycles. The first-order valence-electron chi connectivity index (χ1n) is 7.34. The lowest BCUT2D eigenvalue weighted by atomic mass is 10.0. The summed E-state index contributed by atoms with van der Waals surface area (Å²) in [6.45, 7) is 11.1. The number of nitrogens with one attached hydrogen (secondary N) is 1. The van der Waals surface area contributed by atoms with E-state index in [9.17, 15) is 0 Å². The number of hydrogen-bond donors (Lipinski definition) is 1. The maximum absolute atomic E-state index is 5.96. The maximum atomic E-state index is 5.96. The summed E-state index contributed by atoms with van der Waals surface area (Å²) < 4.78 is 11.8. The second-order valence-electron chi connectivity index (χ2n) is 5.59. The van der Waals surface area contributed by atoms with Crippen LogP contribution in [0.25, 0.3) is 11.0 Å². The fourth-order valence-electron chi connectivity index (χ4n) is 2.21. The average Bonchev–Trinajstić information content (AvgIpc) is 2.81. The van der Waals surface area contributed by atoms with Gasteiger partial charge in [0, 0.05) is 6.20 Å². The molecule has 1 N–H and O–H groups in total. The zero-order chi connectivity index (χ0) is 14.7. The standard InChI is InChI=1S/C16H24N2O2/c1-6-7-19-15-13(20-11(4)5)9-18-16-14(15)12(8-17-16)10(2)3/h8-11H,6-7H2,1-5H3,(H,17,18). The van der Waals surface area contributed by atoms with Crippen LogP contribution in [-0.2, 0) is 0 Å². The predicted octanol–water partition coefficient (Wildman–Crippen LogP) is 4.26. The van der Waals surface area contributed by atoms with Crippen LogP contribution in [0.4, 0.5) is 0 Å². The van der Waals surface area contributed by atoms with Crippen molar-refractivity contribution in [2.24, 2.45) is 0 Å². The summed E-state index contributed by atoms with van der Waals surface area (Å²) in [6.07, 6.45) is 4.82. The summed E-state index contributed by atoms with van der Waals surface area (Å²) in [6, 6.07) is 0. The van der Waals surface area contributed by atoms with Gasteiger partial charge in [0.25, 0.3) is 0 Å². The molecule has 0 aromatic carbocycles. The Morgan fingerprint density at radius 1 is 1.25 bits per heavy atom. The summed E-state index contributed by atoms with van der Waals surface area (Å²) >= 11 is 0. The molecular formula is C16H24N2O2. The van der Waals surface area contributed by atoms with E-state index in [0.29, 0.717) is 12.5 Å². The van der Waals surface area contributed by atoms with E-state index in [1.165, 1.54) is 5.56 Å². The number of aromatic nitrogens is 2. The van der Waals surface area contributed by atoms with Crippen LogP contribution < -0.4 is 9.47 Å². The molecule has 0 saturated heterocycles. The Balaban J connectivity index is 2.58. The van der Waals surface area contributed by atoms with Gasteiger partial charge in [0.2, 0.25) is 0 Å². The first-order valence-corrected chi connectivity index (χ1v) is 7.34. The van der Waals surface area contributed by atoms with Crippen LogP contribution in [0.5, 0.6) is 11.5 Å². The van der Waals surface area contributed by atoms with E-state index in [-0.39, 0.29) is 6.10 Å². The molecule has 0 bridgehead atoms. The Morgan fingerprint density at radius 2 is 2.00 bits per heavy atom. The van der Waals surface area contributed by atoms with Gasteiger partial charge >= 0.3 is 0 Å². The molecule has 2 aromatic rings. The Labute approximate surface area is 120 Å². The number of pyridine rings is 1. The summed E-state index contributed by atoms with van der Waals surface area (Å²) in [5, 5.41) is 1.05. The fourth-order valence-corrected chi connectivity index (χ4v) is 2.21. The number of fused-ring (bicyclic) bond motifs is 1. The summed E-state index contributed by atoms with van der Waals surface area (Å²) in [7, 11) is 0. The molecule has 0 amide bonds. The van der Waals surface area contributed by atoms with Crippen molar-refractivity contribution in [1.82, 2.24) is 9.97 Å². The zero-order valence-corrected chi connectivity index (χ0v) is 13.0. The van der Waals surface area contributed by atoms with Gasteiger partial charge in [-0.1, -0.05) is 20.8 Å². The van der Waals surface area contributed by atoms with Gasteiger partial charge in [-0.3, -0.25) is 0 Å². The quantitative estimate of drug-likeness (QED) is 0.857. The average molecular weight is 276 g/mol. The van der Waals surface area contributed by atoms with Gasteiger partial charge in [0.1, 0.15) is 5.65 Å². The molecule has 0 spiro atoms. The summed E-state index contributed by atoms with van der Waals surface area (Å²) in [5.41, 5.74) is 2.07. The van der Waals surface area contributed by atoms with Crippen LogP contribution in [0.15, 0.2) is 12.4 Å². The lowest BCUT2D eigenvalue weighted by molar-refractivity contribution is 0.221. The summed E-state index contributed by atoms with van der Waals surface area (Å²) in [5.74, 6) is 1.95. The Hall–Kier alpha value is -1.71. The molecule has 110 valence electrons. The predicted molar refractivity (Wildman–Crippen MR) is 81.7 cm³/mol.